The van der Waals surface area contributed by atoms with Crippen LogP contribution in [-0.4, -0.2) is 77.4 Å². The zero-order valence-corrected chi connectivity index (χ0v) is 18.6. The Hall–Kier alpha value is -3.64. The van der Waals surface area contributed by atoms with Crippen molar-refractivity contribution in [2.75, 3.05) is 12.3 Å². The van der Waals surface area contributed by atoms with Gasteiger partial charge in [0.25, 0.3) is 38.0 Å². The van der Waals surface area contributed by atoms with Gasteiger partial charge in [-0.25, -0.2) is 0 Å². The number of carbonyl (C=O) groups is 4. The van der Waals surface area contributed by atoms with E-state index in [1.165, 1.54) is 0 Å². The van der Waals surface area contributed by atoms with Gasteiger partial charge >= 0.3 is 5.97 Å². The van der Waals surface area contributed by atoms with Crippen LogP contribution in [0.2, 0.25) is 0 Å². The summed E-state index contributed by atoms with van der Waals surface area (Å²) in [5.41, 5.74) is 9.49. The summed E-state index contributed by atoms with van der Waals surface area (Å²) < 4.78 is 65.4. The topological polar surface area (TPSA) is 273 Å². The first kappa shape index (κ1) is 26.6. The first-order chi connectivity index (χ1) is 15.4. The molecule has 0 aliphatic carbocycles. The minimum atomic E-state index is -5.00. The minimum absolute atomic E-state index is 0.234. The van der Waals surface area contributed by atoms with Crippen molar-refractivity contribution in [3.05, 3.63) is 29.3 Å². The minimum Gasteiger partial charge on any atom is -0.481 e. The molecule has 184 valence electrons. The second kappa shape index (κ2) is 8.95. The molecule has 2 amide bonds. The molecule has 0 saturated heterocycles. The number of carbonyl (C=O) groups excluding carboxylic acids is 2. The Labute approximate surface area is 191 Å². The number of amides is 2. The first-order valence-electron chi connectivity index (χ1n) is 8.77. The summed E-state index contributed by atoms with van der Waals surface area (Å²) in [6.07, 6.45) is 0. The van der Waals surface area contributed by atoms with Crippen molar-refractivity contribution < 1.29 is 55.3 Å². The lowest BCUT2D eigenvalue weighted by molar-refractivity contribution is -0.138. The summed E-state index contributed by atoms with van der Waals surface area (Å²) in [7, 11) is -9.91. The van der Waals surface area contributed by atoms with Gasteiger partial charge in [-0.2, -0.15) is 16.8 Å². The molecule has 34 heavy (non-hydrogen) atoms. The van der Waals surface area contributed by atoms with E-state index in [-0.39, 0.29) is 5.39 Å². The molecule has 0 radical (unpaired) electrons. The van der Waals surface area contributed by atoms with Gasteiger partial charge in [0, 0.05) is 17.7 Å². The third kappa shape index (κ3) is 5.13. The number of benzene rings is 2. The number of carboxylic acids is 2. The molecule has 1 heterocycles. The second-order valence-electron chi connectivity index (χ2n) is 6.86. The average Bonchev–Trinajstić information content (AvgIpc) is 2.67. The summed E-state index contributed by atoms with van der Waals surface area (Å²) in [6.45, 7) is 0.260. The van der Waals surface area contributed by atoms with Crippen LogP contribution in [0.5, 0.6) is 0 Å². The van der Waals surface area contributed by atoms with Crippen LogP contribution in [0.15, 0.2) is 28.0 Å². The highest BCUT2D eigenvalue weighted by Gasteiger charge is 2.38. The van der Waals surface area contributed by atoms with Crippen LogP contribution in [0, 0.1) is 0 Å². The zero-order chi connectivity index (χ0) is 26.3. The van der Waals surface area contributed by atoms with Gasteiger partial charge in [-0.1, -0.05) is 0 Å². The lowest BCUT2D eigenvalue weighted by Crippen LogP contribution is -2.49. The number of nitrogens with zero attached hydrogens (tertiary/aromatic N) is 1. The van der Waals surface area contributed by atoms with E-state index in [2.05, 4.69) is 0 Å². The second-order valence-corrected chi connectivity index (χ2v) is 9.68. The lowest BCUT2D eigenvalue weighted by atomic mass is 9.92. The van der Waals surface area contributed by atoms with E-state index in [4.69, 9.17) is 26.5 Å². The number of imide groups is 1. The SMILES string of the molecule is CC(=O)O.Nc1c(S(=O)(=O)O)cc2c3c(cc(S(=O)(=O)O)cc13)C(=O)N(CC(N)C(=O)O)C2=O. The Balaban J connectivity index is 0.000000945. The molecule has 17 heteroatoms. The van der Waals surface area contributed by atoms with Crippen LogP contribution in [-0.2, 0) is 29.8 Å². The number of nitrogen functional groups attached to an aromatic ring is 1. The predicted molar refractivity (Wildman–Crippen MR) is 112 cm³/mol. The molecule has 3 rings (SSSR count). The Morgan fingerprint density at radius 2 is 1.44 bits per heavy atom. The molecule has 1 aliphatic heterocycles. The van der Waals surface area contributed by atoms with E-state index in [1.54, 1.807) is 0 Å². The molecule has 1 unspecified atom stereocenters. The number of nitrogens with two attached hydrogens (primary N) is 2. The van der Waals surface area contributed by atoms with Crippen molar-refractivity contribution in [3.63, 3.8) is 0 Å². The van der Waals surface area contributed by atoms with Crippen LogP contribution in [0.1, 0.15) is 27.6 Å². The monoisotopic (exact) mass is 519 g/mol. The van der Waals surface area contributed by atoms with Crippen molar-refractivity contribution in [1.29, 1.82) is 0 Å². The Morgan fingerprint density at radius 3 is 1.85 bits per heavy atom. The highest BCUT2D eigenvalue weighted by molar-refractivity contribution is 7.86. The molecular formula is C17H17N3O12S2. The Morgan fingerprint density at radius 1 is 0.971 bits per heavy atom. The fourth-order valence-electron chi connectivity index (χ4n) is 3.06. The van der Waals surface area contributed by atoms with Gasteiger partial charge in [-0.3, -0.25) is 33.2 Å². The van der Waals surface area contributed by atoms with Crippen LogP contribution in [0.3, 0.4) is 0 Å². The van der Waals surface area contributed by atoms with Gasteiger partial charge in [0.05, 0.1) is 28.3 Å². The number of aliphatic carboxylic acids is 2. The highest BCUT2D eigenvalue weighted by Crippen LogP contribution is 2.38. The Bertz CT molecular complexity index is 1440. The van der Waals surface area contributed by atoms with Crippen molar-refractivity contribution >= 4 is 60.4 Å². The van der Waals surface area contributed by atoms with E-state index < -0.39 is 88.6 Å². The molecule has 0 aromatic heterocycles. The molecule has 2 aromatic rings. The first-order valence-corrected chi connectivity index (χ1v) is 11.6. The van der Waals surface area contributed by atoms with Crippen molar-refractivity contribution in [1.82, 2.24) is 4.90 Å². The summed E-state index contributed by atoms with van der Waals surface area (Å²) in [5.74, 6) is -4.66. The smallest absolute Gasteiger partial charge is 0.322 e. The fourth-order valence-corrected chi connectivity index (χ4v) is 4.24. The largest absolute Gasteiger partial charge is 0.481 e. The van der Waals surface area contributed by atoms with E-state index in [9.17, 15) is 40.3 Å². The maximum absolute atomic E-state index is 12.8. The van der Waals surface area contributed by atoms with Gasteiger partial charge in [0.1, 0.15) is 10.9 Å². The standard InChI is InChI=1S/C15H13N3O10S2.C2H4O2/c16-9(15(21)22)4-18-13(19)7-2-5(29(23,24)25)1-6-11(7)8(14(18)20)3-10(12(6)17)30(26,27)28;1-2(3)4/h1-3,9H,4,16-17H2,(H,21,22)(H,23,24,25)(H,26,27,28);1H3,(H,3,4). The number of rotatable bonds is 5. The van der Waals surface area contributed by atoms with Crippen LogP contribution < -0.4 is 11.5 Å². The van der Waals surface area contributed by atoms with Crippen molar-refractivity contribution in [2.24, 2.45) is 5.73 Å². The molecule has 0 fully saturated rings. The summed E-state index contributed by atoms with van der Waals surface area (Å²) in [4.78, 5) is 44.2. The highest BCUT2D eigenvalue weighted by atomic mass is 32.2. The van der Waals surface area contributed by atoms with Gasteiger partial charge < -0.3 is 21.7 Å². The molecule has 1 atom stereocenters. The van der Waals surface area contributed by atoms with Gasteiger partial charge in [-0.05, 0) is 18.2 Å². The molecule has 15 nitrogen and oxygen atoms in total. The van der Waals surface area contributed by atoms with E-state index in [0.717, 1.165) is 19.1 Å². The lowest BCUT2D eigenvalue weighted by Gasteiger charge is -2.29. The van der Waals surface area contributed by atoms with E-state index in [0.29, 0.717) is 11.0 Å². The average molecular weight is 519 g/mol. The normalized spacial score (nSPS) is 14.4. The molecule has 2 aromatic carbocycles. The molecule has 0 bridgehead atoms. The maximum Gasteiger partial charge on any atom is 0.322 e. The van der Waals surface area contributed by atoms with Crippen molar-refractivity contribution in [3.8, 4) is 0 Å². The molecule has 8 N–H and O–H groups in total. The van der Waals surface area contributed by atoms with Crippen molar-refractivity contribution in [2.45, 2.75) is 22.8 Å². The predicted octanol–water partition coefficient (Wildman–Crippen LogP) is -0.986. The molecule has 0 saturated carbocycles. The molecule has 0 spiro atoms. The van der Waals surface area contributed by atoms with E-state index in [1.807, 2.05) is 0 Å². The third-order valence-electron chi connectivity index (χ3n) is 4.44. The van der Waals surface area contributed by atoms with Gasteiger partial charge in [0.2, 0.25) is 0 Å². The summed E-state index contributed by atoms with van der Waals surface area (Å²) >= 11 is 0. The molecular weight excluding hydrogens is 502 g/mol. The zero-order valence-electron chi connectivity index (χ0n) is 17.0. The number of carboxylic acid groups (broad SMARTS) is 2. The maximum atomic E-state index is 12.8. The number of anilines is 1. The van der Waals surface area contributed by atoms with Crippen LogP contribution >= 0.6 is 0 Å². The third-order valence-corrected chi connectivity index (χ3v) is 6.16. The van der Waals surface area contributed by atoms with Crippen LogP contribution in [0.25, 0.3) is 10.8 Å². The van der Waals surface area contributed by atoms with Gasteiger partial charge in [-0.15, -0.1) is 0 Å². The summed E-state index contributed by atoms with van der Waals surface area (Å²) in [5, 5.41) is 15.7. The number of hydrogen-bond donors (Lipinski definition) is 6. The quantitative estimate of drug-likeness (QED) is 0.157. The fraction of sp³-hybridized carbons (Fsp3) is 0.176. The molecule has 1 aliphatic rings. The summed E-state index contributed by atoms with van der Waals surface area (Å²) in [6, 6.07) is 0.440. The van der Waals surface area contributed by atoms with Crippen LogP contribution in [0.4, 0.5) is 5.69 Å². The number of hydrogen-bond acceptors (Lipinski definition) is 10. The van der Waals surface area contributed by atoms with E-state index >= 15 is 0 Å². The Kier molecular flexibility index (Phi) is 7.01. The van der Waals surface area contributed by atoms with Gasteiger partial charge in [0.15, 0.2) is 0 Å².